The molecule has 0 aliphatic heterocycles. The lowest BCUT2D eigenvalue weighted by Gasteiger charge is -2.34. The van der Waals surface area contributed by atoms with Crippen molar-refractivity contribution < 1.29 is 18.9 Å². The molecule has 36 heavy (non-hydrogen) atoms. The molecule has 0 aromatic heterocycles. The lowest BCUT2D eigenvalue weighted by Crippen LogP contribution is -2.33. The molecule has 0 heterocycles. The van der Waals surface area contributed by atoms with E-state index in [0.717, 1.165) is 36.0 Å². The molecule has 4 heteroatoms. The molecular formula is C32H32O4. The van der Waals surface area contributed by atoms with E-state index >= 15 is 0 Å². The summed E-state index contributed by atoms with van der Waals surface area (Å²) in [6.07, 6.45) is 2.45. The van der Waals surface area contributed by atoms with Gasteiger partial charge < -0.3 is 18.9 Å². The molecule has 5 rings (SSSR count). The molecule has 0 saturated heterocycles. The summed E-state index contributed by atoms with van der Waals surface area (Å²) in [7, 11) is 6.64. The van der Waals surface area contributed by atoms with E-state index in [1.54, 1.807) is 28.4 Å². The summed E-state index contributed by atoms with van der Waals surface area (Å²) in [5, 5.41) is 0. The van der Waals surface area contributed by atoms with Crippen LogP contribution in [0, 0.1) is 0 Å². The maximum atomic E-state index is 6.18. The molecular weight excluding hydrogens is 448 g/mol. The van der Waals surface area contributed by atoms with Gasteiger partial charge in [0.15, 0.2) is 11.5 Å². The summed E-state index contributed by atoms with van der Waals surface area (Å²) in [6, 6.07) is 30.2. The van der Waals surface area contributed by atoms with Crippen molar-refractivity contribution in [3.63, 3.8) is 0 Å². The first kappa shape index (κ1) is 24.1. The molecule has 0 saturated carbocycles. The fourth-order valence-corrected chi connectivity index (χ4v) is 5.35. The number of hydrogen-bond donors (Lipinski definition) is 0. The molecule has 1 aliphatic carbocycles. The summed E-state index contributed by atoms with van der Waals surface area (Å²) >= 11 is 0. The fourth-order valence-electron chi connectivity index (χ4n) is 5.35. The Kier molecular flexibility index (Phi) is 6.82. The average Bonchev–Trinajstić information content (AvgIpc) is 2.90. The molecule has 0 spiro atoms. The van der Waals surface area contributed by atoms with Gasteiger partial charge in [-0.2, -0.15) is 0 Å². The maximum Gasteiger partial charge on any atom is 0.225 e. The average molecular weight is 481 g/mol. The van der Waals surface area contributed by atoms with Gasteiger partial charge in [-0.1, -0.05) is 66.7 Å². The second-order valence-electron chi connectivity index (χ2n) is 9.27. The predicted molar refractivity (Wildman–Crippen MR) is 142 cm³/mol. The highest BCUT2D eigenvalue weighted by molar-refractivity contribution is 5.55. The van der Waals surface area contributed by atoms with Gasteiger partial charge in [0.2, 0.25) is 5.79 Å². The highest BCUT2D eigenvalue weighted by Gasteiger charge is 2.39. The van der Waals surface area contributed by atoms with Gasteiger partial charge in [0.05, 0.1) is 19.8 Å². The van der Waals surface area contributed by atoms with Crippen LogP contribution in [0.4, 0.5) is 0 Å². The van der Waals surface area contributed by atoms with E-state index in [1.165, 1.54) is 27.8 Å². The Morgan fingerprint density at radius 2 is 1.03 bits per heavy atom. The van der Waals surface area contributed by atoms with Crippen LogP contribution in [0.2, 0.25) is 0 Å². The van der Waals surface area contributed by atoms with Crippen molar-refractivity contribution in [2.45, 2.75) is 25.0 Å². The minimum atomic E-state index is -1.18. The zero-order valence-electron chi connectivity index (χ0n) is 21.3. The van der Waals surface area contributed by atoms with E-state index in [0.29, 0.717) is 11.5 Å². The van der Waals surface area contributed by atoms with Crippen molar-refractivity contribution in [2.75, 3.05) is 28.4 Å². The van der Waals surface area contributed by atoms with Crippen molar-refractivity contribution in [3.8, 4) is 11.5 Å². The maximum absolute atomic E-state index is 6.18. The summed E-state index contributed by atoms with van der Waals surface area (Å²) in [6.45, 7) is 0. The third kappa shape index (κ3) is 4.50. The molecule has 4 nitrogen and oxygen atoms in total. The summed E-state index contributed by atoms with van der Waals surface area (Å²) < 4.78 is 24.0. The van der Waals surface area contributed by atoms with E-state index < -0.39 is 5.79 Å². The van der Waals surface area contributed by atoms with Crippen molar-refractivity contribution in [1.82, 2.24) is 0 Å². The fraction of sp³-hybridized carbons (Fsp3) is 0.250. The number of benzene rings is 4. The van der Waals surface area contributed by atoms with Crippen LogP contribution in [0.15, 0.2) is 84.9 Å². The van der Waals surface area contributed by atoms with E-state index in [-0.39, 0.29) is 0 Å². The number of methoxy groups -OCH3 is 4. The third-order valence-corrected chi connectivity index (χ3v) is 6.98. The van der Waals surface area contributed by atoms with Gasteiger partial charge in [-0.15, -0.1) is 0 Å². The normalized spacial score (nSPS) is 14.2. The zero-order valence-corrected chi connectivity index (χ0v) is 21.3. The van der Waals surface area contributed by atoms with Crippen LogP contribution in [0.1, 0.15) is 44.5 Å². The topological polar surface area (TPSA) is 36.9 Å². The Labute approximate surface area is 213 Å². The number of fused-ring (bicyclic) bond motifs is 8. The Morgan fingerprint density at radius 1 is 0.528 bits per heavy atom. The smallest absolute Gasteiger partial charge is 0.225 e. The Bertz CT molecular complexity index is 1370. The van der Waals surface area contributed by atoms with Crippen molar-refractivity contribution in [2.24, 2.45) is 0 Å². The van der Waals surface area contributed by atoms with Crippen molar-refractivity contribution >= 4 is 0 Å². The molecule has 184 valence electrons. The first-order chi connectivity index (χ1) is 17.6. The van der Waals surface area contributed by atoms with Gasteiger partial charge in [0.1, 0.15) is 0 Å². The van der Waals surface area contributed by atoms with Gasteiger partial charge in [-0.3, -0.25) is 0 Å². The van der Waals surface area contributed by atoms with E-state index in [9.17, 15) is 0 Å². The Hall–Kier alpha value is -3.60. The molecule has 0 amide bonds. The number of rotatable bonds is 4. The lowest BCUT2D eigenvalue weighted by atomic mass is 9.90. The monoisotopic (exact) mass is 480 g/mol. The first-order valence-corrected chi connectivity index (χ1v) is 12.2. The Morgan fingerprint density at radius 3 is 1.53 bits per heavy atom. The molecule has 4 aromatic carbocycles. The number of hydrogen-bond acceptors (Lipinski definition) is 4. The van der Waals surface area contributed by atoms with Crippen LogP contribution in [-0.2, 0) is 34.5 Å². The second-order valence-corrected chi connectivity index (χ2v) is 9.27. The van der Waals surface area contributed by atoms with Gasteiger partial charge in [0.25, 0.3) is 0 Å². The zero-order chi connectivity index (χ0) is 25.1. The third-order valence-electron chi connectivity index (χ3n) is 6.98. The minimum absolute atomic E-state index is 0.595. The van der Waals surface area contributed by atoms with Crippen LogP contribution in [-0.4, -0.2) is 28.4 Å². The predicted octanol–water partition coefficient (Wildman–Crippen LogP) is 6.28. The molecule has 0 N–H and O–H groups in total. The molecule has 0 fully saturated rings. The van der Waals surface area contributed by atoms with Gasteiger partial charge in [-0.05, 0) is 70.8 Å². The standard InChI is InChI=1S/C32H32O4/c1-33-30-21-27-18-25-11-6-9-23(16-25)14-22-8-5-10-24(15-22)17-26-12-7-13-28(19-26)32(35-3,36-4)29(20-27)31(30)34-2/h5-13,15-16,19-21H,14,17-18H2,1-4H3. The molecule has 0 unspecified atom stereocenters. The van der Waals surface area contributed by atoms with E-state index in [1.807, 2.05) is 12.1 Å². The molecule has 8 bridgehead atoms. The highest BCUT2D eigenvalue weighted by atomic mass is 16.7. The summed E-state index contributed by atoms with van der Waals surface area (Å²) in [5.74, 6) is 0.0654. The quantitative estimate of drug-likeness (QED) is 0.322. The Balaban J connectivity index is 1.78. The first-order valence-electron chi connectivity index (χ1n) is 12.2. The van der Waals surface area contributed by atoms with Crippen LogP contribution in [0.25, 0.3) is 0 Å². The van der Waals surface area contributed by atoms with E-state index in [4.69, 9.17) is 18.9 Å². The second kappa shape index (κ2) is 10.2. The van der Waals surface area contributed by atoms with Crippen molar-refractivity contribution in [3.05, 3.63) is 129 Å². The highest BCUT2D eigenvalue weighted by Crippen LogP contribution is 2.45. The lowest BCUT2D eigenvalue weighted by molar-refractivity contribution is -0.184. The molecule has 1 aliphatic rings. The largest absolute Gasteiger partial charge is 0.493 e. The molecule has 0 atom stereocenters. The van der Waals surface area contributed by atoms with Gasteiger partial charge in [0, 0.05) is 19.8 Å². The summed E-state index contributed by atoms with van der Waals surface area (Å²) in [5.41, 5.74) is 9.04. The van der Waals surface area contributed by atoms with Gasteiger partial charge >= 0.3 is 0 Å². The van der Waals surface area contributed by atoms with Crippen LogP contribution in [0.3, 0.4) is 0 Å². The number of ether oxygens (including phenoxy) is 4. The van der Waals surface area contributed by atoms with Crippen molar-refractivity contribution in [1.29, 1.82) is 0 Å². The van der Waals surface area contributed by atoms with Crippen LogP contribution < -0.4 is 9.47 Å². The minimum Gasteiger partial charge on any atom is -0.493 e. The SMILES string of the molecule is COc1cc2cc(c1OC)C(OC)(OC)c1cccc(c1)Cc1cccc(c1)Cc1cccc(c1)C2. The van der Waals surface area contributed by atoms with Gasteiger partial charge in [-0.25, -0.2) is 0 Å². The molecule has 0 radical (unpaired) electrons. The summed E-state index contributed by atoms with van der Waals surface area (Å²) in [4.78, 5) is 0. The van der Waals surface area contributed by atoms with E-state index in [2.05, 4.69) is 72.8 Å². The molecule has 4 aromatic rings. The van der Waals surface area contributed by atoms with Crippen LogP contribution >= 0.6 is 0 Å². The van der Waals surface area contributed by atoms with Crippen LogP contribution in [0.5, 0.6) is 11.5 Å².